The summed E-state index contributed by atoms with van der Waals surface area (Å²) in [7, 11) is 0. The topological polar surface area (TPSA) is 37.8 Å². The lowest BCUT2D eigenvalue weighted by Crippen LogP contribution is -2.31. The van der Waals surface area contributed by atoms with Crippen LogP contribution in [0.5, 0.6) is 0 Å². The largest absolute Gasteiger partial charge is 0.313 e. The Morgan fingerprint density at radius 3 is 2.59 bits per heavy atom. The first-order chi connectivity index (χ1) is 8.15. The van der Waals surface area contributed by atoms with Gasteiger partial charge in [0.25, 0.3) is 0 Å². The summed E-state index contributed by atoms with van der Waals surface area (Å²) in [5.74, 6) is 0. The molecule has 0 amide bonds. The van der Waals surface area contributed by atoms with E-state index in [9.17, 15) is 0 Å². The second kappa shape index (κ2) is 8.34. The summed E-state index contributed by atoms with van der Waals surface area (Å²) < 4.78 is 2.12. The molecular formula is C11H21N3S3. The molecule has 1 aromatic heterocycles. The van der Waals surface area contributed by atoms with Gasteiger partial charge in [0.05, 0.1) is 0 Å². The van der Waals surface area contributed by atoms with Crippen LogP contribution in [0, 0.1) is 0 Å². The predicted molar refractivity (Wildman–Crippen MR) is 79.4 cm³/mol. The van der Waals surface area contributed by atoms with Gasteiger partial charge in [-0.3, -0.25) is 0 Å². The van der Waals surface area contributed by atoms with Crippen LogP contribution in [0.1, 0.15) is 33.6 Å². The molecule has 1 heterocycles. The van der Waals surface area contributed by atoms with Crippen molar-refractivity contribution in [2.24, 2.45) is 0 Å². The zero-order chi connectivity index (χ0) is 12.7. The van der Waals surface area contributed by atoms with Crippen molar-refractivity contribution in [1.29, 1.82) is 0 Å². The van der Waals surface area contributed by atoms with Gasteiger partial charge >= 0.3 is 0 Å². The Morgan fingerprint density at radius 2 is 2.00 bits per heavy atom. The molecule has 0 aliphatic rings. The van der Waals surface area contributed by atoms with E-state index in [4.69, 9.17) is 0 Å². The van der Waals surface area contributed by atoms with Crippen LogP contribution < -0.4 is 5.32 Å². The maximum atomic E-state index is 4.17. The number of rotatable bonds is 8. The monoisotopic (exact) mass is 291 g/mol. The van der Waals surface area contributed by atoms with Crippen molar-refractivity contribution in [2.45, 2.75) is 53.6 Å². The molecule has 2 unspecified atom stereocenters. The van der Waals surface area contributed by atoms with Crippen LogP contribution >= 0.6 is 34.9 Å². The van der Waals surface area contributed by atoms with Gasteiger partial charge in [0, 0.05) is 17.8 Å². The molecule has 1 rings (SSSR count). The lowest BCUT2D eigenvalue weighted by molar-refractivity contribution is 0.511. The van der Waals surface area contributed by atoms with E-state index in [1.165, 1.54) is 12.8 Å². The minimum atomic E-state index is 0.539. The lowest BCUT2D eigenvalue weighted by Gasteiger charge is -2.15. The molecular weight excluding hydrogens is 270 g/mol. The van der Waals surface area contributed by atoms with Crippen LogP contribution in [-0.4, -0.2) is 34.3 Å². The summed E-state index contributed by atoms with van der Waals surface area (Å²) in [5.41, 5.74) is 0. The highest BCUT2D eigenvalue weighted by molar-refractivity contribution is 8.03. The first kappa shape index (κ1) is 15.3. The summed E-state index contributed by atoms with van der Waals surface area (Å²) in [6.45, 7) is 7.73. The molecule has 0 aromatic carbocycles. The zero-order valence-electron chi connectivity index (χ0n) is 10.9. The molecule has 1 N–H and O–H groups in total. The van der Waals surface area contributed by atoms with E-state index in [-0.39, 0.29) is 0 Å². The van der Waals surface area contributed by atoms with Crippen molar-refractivity contribution in [3.63, 3.8) is 0 Å². The van der Waals surface area contributed by atoms with Gasteiger partial charge in [0.15, 0.2) is 8.68 Å². The SMILES string of the molecule is CCCC(C)NCC(C)Sc1nnc(SC)s1. The number of hydrogen-bond donors (Lipinski definition) is 1. The molecule has 0 aliphatic heterocycles. The number of thioether (sulfide) groups is 2. The molecule has 0 aliphatic carbocycles. The number of nitrogens with one attached hydrogen (secondary N) is 1. The molecule has 0 fully saturated rings. The molecule has 0 saturated carbocycles. The van der Waals surface area contributed by atoms with Gasteiger partial charge in [-0.1, -0.05) is 55.1 Å². The Hall–Kier alpha value is 0.220. The Morgan fingerprint density at radius 1 is 1.29 bits per heavy atom. The molecule has 2 atom stereocenters. The highest BCUT2D eigenvalue weighted by atomic mass is 32.2. The molecule has 0 spiro atoms. The van der Waals surface area contributed by atoms with E-state index in [2.05, 4.69) is 36.3 Å². The van der Waals surface area contributed by atoms with Crippen LogP contribution in [0.4, 0.5) is 0 Å². The quantitative estimate of drug-likeness (QED) is 0.742. The first-order valence-electron chi connectivity index (χ1n) is 5.93. The van der Waals surface area contributed by atoms with Gasteiger partial charge in [-0.25, -0.2) is 0 Å². The van der Waals surface area contributed by atoms with E-state index < -0.39 is 0 Å². The van der Waals surface area contributed by atoms with Crippen LogP contribution in [0.3, 0.4) is 0 Å². The third kappa shape index (κ3) is 6.08. The van der Waals surface area contributed by atoms with Crippen molar-refractivity contribution in [1.82, 2.24) is 15.5 Å². The highest BCUT2D eigenvalue weighted by Crippen LogP contribution is 2.29. The standard InChI is InChI=1S/C11H21N3S3/c1-5-6-8(2)12-7-9(3)16-11-14-13-10(15-4)17-11/h8-9,12H,5-7H2,1-4H3. The fourth-order valence-corrected chi connectivity index (χ4v) is 4.14. The van der Waals surface area contributed by atoms with Crippen LogP contribution in [0.2, 0.25) is 0 Å². The maximum absolute atomic E-state index is 4.17. The van der Waals surface area contributed by atoms with Gasteiger partial charge in [-0.05, 0) is 19.6 Å². The minimum Gasteiger partial charge on any atom is -0.313 e. The number of nitrogens with zero attached hydrogens (tertiary/aromatic N) is 2. The summed E-state index contributed by atoms with van der Waals surface area (Å²) >= 11 is 5.15. The van der Waals surface area contributed by atoms with E-state index in [1.807, 2.05) is 18.0 Å². The highest BCUT2D eigenvalue weighted by Gasteiger charge is 2.10. The Labute approximate surface area is 117 Å². The second-order valence-corrected chi connectivity index (χ2v) is 7.78. The van der Waals surface area contributed by atoms with Crippen molar-refractivity contribution < 1.29 is 0 Å². The summed E-state index contributed by atoms with van der Waals surface area (Å²) in [6.07, 6.45) is 4.52. The molecule has 0 bridgehead atoms. The van der Waals surface area contributed by atoms with Gasteiger partial charge in [-0.15, -0.1) is 10.2 Å². The van der Waals surface area contributed by atoms with E-state index in [0.717, 1.165) is 15.2 Å². The van der Waals surface area contributed by atoms with Crippen LogP contribution in [0.25, 0.3) is 0 Å². The van der Waals surface area contributed by atoms with Crippen molar-refractivity contribution in [2.75, 3.05) is 12.8 Å². The maximum Gasteiger partial charge on any atom is 0.175 e. The van der Waals surface area contributed by atoms with Gasteiger partial charge in [0.2, 0.25) is 0 Å². The molecule has 6 heteroatoms. The number of aromatic nitrogens is 2. The lowest BCUT2D eigenvalue weighted by atomic mass is 10.2. The average Bonchev–Trinajstić information content (AvgIpc) is 2.74. The average molecular weight is 292 g/mol. The summed E-state index contributed by atoms with van der Waals surface area (Å²) in [6, 6.07) is 0.610. The molecule has 0 saturated heterocycles. The van der Waals surface area contributed by atoms with Crippen molar-refractivity contribution >= 4 is 34.9 Å². The van der Waals surface area contributed by atoms with Crippen molar-refractivity contribution in [3.8, 4) is 0 Å². The van der Waals surface area contributed by atoms with E-state index in [0.29, 0.717) is 11.3 Å². The summed E-state index contributed by atoms with van der Waals surface area (Å²) in [4.78, 5) is 0. The Kier molecular flexibility index (Phi) is 7.50. The third-order valence-corrected chi connectivity index (χ3v) is 5.42. The predicted octanol–water partition coefficient (Wildman–Crippen LogP) is 3.52. The molecule has 98 valence electrons. The van der Waals surface area contributed by atoms with Crippen LogP contribution in [-0.2, 0) is 0 Å². The smallest absolute Gasteiger partial charge is 0.175 e. The van der Waals surface area contributed by atoms with Gasteiger partial charge in [0.1, 0.15) is 0 Å². The van der Waals surface area contributed by atoms with Crippen LogP contribution in [0.15, 0.2) is 8.68 Å². The van der Waals surface area contributed by atoms with Gasteiger partial charge in [-0.2, -0.15) is 0 Å². The summed E-state index contributed by atoms with van der Waals surface area (Å²) in [5, 5.41) is 12.4. The molecule has 1 aromatic rings. The third-order valence-electron chi connectivity index (χ3n) is 2.34. The normalized spacial score (nSPS) is 14.8. The first-order valence-corrected chi connectivity index (χ1v) is 8.85. The fraction of sp³-hybridized carbons (Fsp3) is 0.818. The minimum absolute atomic E-state index is 0.539. The molecule has 17 heavy (non-hydrogen) atoms. The second-order valence-electron chi connectivity index (χ2n) is 4.06. The fourth-order valence-electron chi connectivity index (χ4n) is 1.44. The molecule has 0 radical (unpaired) electrons. The molecule has 3 nitrogen and oxygen atoms in total. The Balaban J connectivity index is 2.26. The van der Waals surface area contributed by atoms with E-state index in [1.54, 1.807) is 23.1 Å². The van der Waals surface area contributed by atoms with E-state index >= 15 is 0 Å². The van der Waals surface area contributed by atoms with Crippen molar-refractivity contribution in [3.05, 3.63) is 0 Å². The zero-order valence-corrected chi connectivity index (χ0v) is 13.3. The Bertz CT molecular complexity index is 317. The van der Waals surface area contributed by atoms with Gasteiger partial charge < -0.3 is 5.32 Å². The number of hydrogen-bond acceptors (Lipinski definition) is 6.